The number of carbonyl (C=O) groups is 2. The van der Waals surface area contributed by atoms with E-state index in [0.717, 1.165) is 15.6 Å². The number of nitriles is 1. The Morgan fingerprint density at radius 1 is 1.06 bits per heavy atom. The van der Waals surface area contributed by atoms with E-state index in [4.69, 9.17) is 0 Å². The molecule has 3 aromatic rings. The maximum atomic E-state index is 13.5. The first kappa shape index (κ1) is 22.8. The molecular weight excluding hydrogens is 498 g/mol. The highest BCUT2D eigenvalue weighted by atomic mass is 79.9. The monoisotopic (exact) mass is 517 g/mol. The molecule has 1 atom stereocenters. The number of amides is 2. The van der Waals surface area contributed by atoms with Crippen LogP contribution in [0, 0.1) is 18.3 Å². The predicted molar refractivity (Wildman–Crippen MR) is 136 cm³/mol. The molecule has 1 heterocycles. The first-order valence-electron chi connectivity index (χ1n) is 10.3. The van der Waals surface area contributed by atoms with E-state index in [-0.39, 0.29) is 11.5 Å². The molecule has 2 amide bonds. The zero-order valence-electron chi connectivity index (χ0n) is 17.8. The fourth-order valence-corrected chi connectivity index (χ4v) is 5.10. The number of hydrogen-bond acceptors (Lipinski definition) is 4. The van der Waals surface area contributed by atoms with Crippen molar-refractivity contribution in [3.8, 4) is 6.07 Å². The standard InChI is InChI=1S/C26H20BrN3O2S/c1-17-7-5-6-10-22(17)29-24(31)21(16-28)26-30(20-8-3-2-4-9-20)25(32)23(33-26)15-18-11-13-19(27)14-12-18/h2-14,23H,15H2,1H3,(H,29,31)/b26-21-. The van der Waals surface area contributed by atoms with Gasteiger partial charge in [-0.1, -0.05) is 76.2 Å². The minimum atomic E-state index is -0.535. The summed E-state index contributed by atoms with van der Waals surface area (Å²) in [5.41, 5.74) is 3.05. The summed E-state index contributed by atoms with van der Waals surface area (Å²) in [4.78, 5) is 28.1. The highest BCUT2D eigenvalue weighted by Crippen LogP contribution is 2.42. The molecule has 0 saturated carbocycles. The highest BCUT2D eigenvalue weighted by Gasteiger charge is 2.40. The van der Waals surface area contributed by atoms with Crippen molar-refractivity contribution in [1.82, 2.24) is 0 Å². The molecule has 1 unspecified atom stereocenters. The molecule has 4 rings (SSSR count). The largest absolute Gasteiger partial charge is 0.321 e. The second kappa shape index (κ2) is 10.1. The van der Waals surface area contributed by atoms with Crippen LogP contribution in [0.2, 0.25) is 0 Å². The lowest BCUT2D eigenvalue weighted by molar-refractivity contribution is -0.117. The fourth-order valence-electron chi connectivity index (χ4n) is 3.53. The van der Waals surface area contributed by atoms with Gasteiger partial charge in [0.25, 0.3) is 5.91 Å². The normalized spacial score (nSPS) is 16.9. The number of thioether (sulfide) groups is 1. The maximum Gasteiger partial charge on any atom is 0.269 e. The Bertz CT molecular complexity index is 1270. The second-order valence-electron chi connectivity index (χ2n) is 7.51. The van der Waals surface area contributed by atoms with Crippen LogP contribution in [0.5, 0.6) is 0 Å². The summed E-state index contributed by atoms with van der Waals surface area (Å²) in [5.74, 6) is -0.687. The van der Waals surface area contributed by atoms with Gasteiger partial charge < -0.3 is 5.32 Å². The van der Waals surface area contributed by atoms with Crippen LogP contribution in [0.4, 0.5) is 11.4 Å². The van der Waals surface area contributed by atoms with Gasteiger partial charge in [0.05, 0.1) is 5.25 Å². The SMILES string of the molecule is Cc1ccccc1NC(=O)/C(C#N)=C1\SC(Cc2ccc(Br)cc2)C(=O)N1c1ccccc1. The lowest BCUT2D eigenvalue weighted by Crippen LogP contribution is -2.30. The number of hydrogen-bond donors (Lipinski definition) is 1. The highest BCUT2D eigenvalue weighted by molar-refractivity contribution is 9.10. The zero-order valence-corrected chi connectivity index (χ0v) is 20.2. The molecule has 0 aliphatic carbocycles. The molecule has 1 fully saturated rings. The molecule has 33 heavy (non-hydrogen) atoms. The predicted octanol–water partition coefficient (Wildman–Crippen LogP) is 5.82. The Morgan fingerprint density at radius 3 is 2.39 bits per heavy atom. The molecule has 0 bridgehead atoms. The van der Waals surface area contributed by atoms with Gasteiger partial charge in [-0.2, -0.15) is 5.26 Å². The number of para-hydroxylation sites is 2. The van der Waals surface area contributed by atoms with Gasteiger partial charge in [0.1, 0.15) is 16.7 Å². The maximum absolute atomic E-state index is 13.5. The Hall–Kier alpha value is -3.34. The van der Waals surface area contributed by atoms with Gasteiger partial charge in [0.2, 0.25) is 5.91 Å². The van der Waals surface area contributed by atoms with E-state index in [1.54, 1.807) is 18.2 Å². The number of benzene rings is 3. The van der Waals surface area contributed by atoms with E-state index in [2.05, 4.69) is 21.2 Å². The van der Waals surface area contributed by atoms with E-state index >= 15 is 0 Å². The summed E-state index contributed by atoms with van der Waals surface area (Å²) in [6, 6.07) is 26.3. The van der Waals surface area contributed by atoms with Crippen LogP contribution in [0.15, 0.2) is 93.9 Å². The Morgan fingerprint density at radius 2 is 1.73 bits per heavy atom. The van der Waals surface area contributed by atoms with E-state index in [0.29, 0.717) is 22.8 Å². The molecule has 1 N–H and O–H groups in total. The number of nitrogens with zero attached hydrogens (tertiary/aromatic N) is 2. The molecule has 1 saturated heterocycles. The number of halogens is 1. The molecule has 1 aliphatic heterocycles. The fraction of sp³-hybridized carbons (Fsp3) is 0.115. The molecule has 164 valence electrons. The number of anilines is 2. The van der Waals surface area contributed by atoms with Crippen LogP contribution in [-0.4, -0.2) is 17.1 Å². The lowest BCUT2D eigenvalue weighted by atomic mass is 10.1. The van der Waals surface area contributed by atoms with Crippen molar-refractivity contribution in [2.24, 2.45) is 0 Å². The second-order valence-corrected chi connectivity index (χ2v) is 9.61. The van der Waals surface area contributed by atoms with Crippen molar-refractivity contribution >= 4 is 50.9 Å². The van der Waals surface area contributed by atoms with Gasteiger partial charge in [-0.3, -0.25) is 14.5 Å². The summed E-state index contributed by atoms with van der Waals surface area (Å²) in [6.45, 7) is 1.88. The quantitative estimate of drug-likeness (QED) is 0.341. The van der Waals surface area contributed by atoms with Crippen molar-refractivity contribution in [1.29, 1.82) is 5.26 Å². The first-order valence-corrected chi connectivity index (χ1v) is 12.0. The third kappa shape index (κ3) is 5.03. The third-order valence-electron chi connectivity index (χ3n) is 5.25. The topological polar surface area (TPSA) is 73.2 Å². The van der Waals surface area contributed by atoms with Gasteiger partial charge in [-0.15, -0.1) is 0 Å². The summed E-state index contributed by atoms with van der Waals surface area (Å²) in [5, 5.41) is 12.7. The molecule has 5 nitrogen and oxygen atoms in total. The van der Waals surface area contributed by atoms with E-state index < -0.39 is 11.2 Å². The smallest absolute Gasteiger partial charge is 0.269 e. The third-order valence-corrected chi connectivity index (χ3v) is 7.04. The van der Waals surface area contributed by atoms with E-state index in [1.165, 1.54) is 16.7 Å². The average molecular weight is 518 g/mol. The Labute approximate surface area is 205 Å². The number of carbonyl (C=O) groups excluding carboxylic acids is 2. The zero-order chi connectivity index (χ0) is 23.4. The average Bonchev–Trinajstić information content (AvgIpc) is 3.13. The minimum absolute atomic E-state index is 0.0845. The van der Waals surface area contributed by atoms with Crippen LogP contribution >= 0.6 is 27.7 Å². The van der Waals surface area contributed by atoms with Gasteiger partial charge in [0, 0.05) is 15.8 Å². The summed E-state index contributed by atoms with van der Waals surface area (Å²) >= 11 is 4.69. The molecule has 0 aromatic heterocycles. The summed E-state index contributed by atoms with van der Waals surface area (Å²) in [7, 11) is 0. The molecular formula is C26H20BrN3O2S. The van der Waals surface area contributed by atoms with Crippen LogP contribution in [-0.2, 0) is 16.0 Å². The molecule has 0 spiro atoms. The molecule has 1 aliphatic rings. The van der Waals surface area contributed by atoms with Gasteiger partial charge in [0.15, 0.2) is 0 Å². The van der Waals surface area contributed by atoms with Crippen LogP contribution in [0.25, 0.3) is 0 Å². The van der Waals surface area contributed by atoms with Crippen molar-refractivity contribution in [3.63, 3.8) is 0 Å². The lowest BCUT2D eigenvalue weighted by Gasteiger charge is -2.18. The molecule has 3 aromatic carbocycles. The molecule has 7 heteroatoms. The number of aryl methyl sites for hydroxylation is 1. The summed E-state index contributed by atoms with van der Waals surface area (Å²) in [6.07, 6.45) is 0.488. The van der Waals surface area contributed by atoms with E-state index in [1.807, 2.05) is 73.7 Å². The van der Waals surface area contributed by atoms with Crippen LogP contribution in [0.3, 0.4) is 0 Å². The Kier molecular flexibility index (Phi) is 6.97. The number of nitrogens with one attached hydrogen (secondary N) is 1. The summed E-state index contributed by atoms with van der Waals surface area (Å²) < 4.78 is 0.961. The first-order chi connectivity index (χ1) is 16.0. The van der Waals surface area contributed by atoms with Crippen LogP contribution < -0.4 is 10.2 Å². The van der Waals surface area contributed by atoms with Crippen molar-refractivity contribution in [3.05, 3.63) is 105 Å². The number of rotatable bonds is 5. The van der Waals surface area contributed by atoms with Crippen molar-refractivity contribution in [2.75, 3.05) is 10.2 Å². The Balaban J connectivity index is 1.72. The van der Waals surface area contributed by atoms with E-state index in [9.17, 15) is 14.9 Å². The van der Waals surface area contributed by atoms with Gasteiger partial charge >= 0.3 is 0 Å². The van der Waals surface area contributed by atoms with Gasteiger partial charge in [-0.25, -0.2) is 0 Å². The molecule has 0 radical (unpaired) electrons. The van der Waals surface area contributed by atoms with Crippen molar-refractivity contribution in [2.45, 2.75) is 18.6 Å². The minimum Gasteiger partial charge on any atom is -0.321 e. The van der Waals surface area contributed by atoms with Gasteiger partial charge in [-0.05, 0) is 54.8 Å². The van der Waals surface area contributed by atoms with Crippen molar-refractivity contribution < 1.29 is 9.59 Å². The van der Waals surface area contributed by atoms with Crippen LogP contribution in [0.1, 0.15) is 11.1 Å².